The summed E-state index contributed by atoms with van der Waals surface area (Å²) >= 11 is 5.89. The molecule has 1 atom stereocenters. The second kappa shape index (κ2) is 7.17. The SMILES string of the molecule is Cl.Fc1cccc(Cl)c1COCC1CCCN1. The minimum atomic E-state index is -0.299. The third-order valence-corrected chi connectivity index (χ3v) is 3.14. The molecule has 2 rings (SSSR count). The van der Waals surface area contributed by atoms with Crippen molar-refractivity contribution in [2.75, 3.05) is 13.2 Å². The highest BCUT2D eigenvalue weighted by molar-refractivity contribution is 6.31. The van der Waals surface area contributed by atoms with Crippen LogP contribution in [0.4, 0.5) is 4.39 Å². The molecule has 0 saturated carbocycles. The van der Waals surface area contributed by atoms with Gasteiger partial charge in [0.15, 0.2) is 0 Å². The predicted octanol–water partition coefficient (Wildman–Crippen LogP) is 3.17. The second-order valence-corrected chi connectivity index (χ2v) is 4.42. The van der Waals surface area contributed by atoms with Gasteiger partial charge in [-0.25, -0.2) is 4.39 Å². The lowest BCUT2D eigenvalue weighted by atomic mass is 10.2. The largest absolute Gasteiger partial charge is 0.375 e. The van der Waals surface area contributed by atoms with Crippen LogP contribution in [0.3, 0.4) is 0 Å². The average molecular weight is 280 g/mol. The fourth-order valence-corrected chi connectivity index (χ4v) is 2.09. The van der Waals surface area contributed by atoms with E-state index < -0.39 is 0 Å². The predicted molar refractivity (Wildman–Crippen MR) is 69.3 cm³/mol. The molecule has 1 aliphatic rings. The number of hydrogen-bond acceptors (Lipinski definition) is 2. The smallest absolute Gasteiger partial charge is 0.130 e. The molecule has 96 valence electrons. The first-order chi connectivity index (χ1) is 7.77. The molecule has 0 aliphatic carbocycles. The molecule has 1 saturated heterocycles. The fourth-order valence-electron chi connectivity index (χ4n) is 1.87. The van der Waals surface area contributed by atoms with Gasteiger partial charge < -0.3 is 10.1 Å². The maximum Gasteiger partial charge on any atom is 0.130 e. The van der Waals surface area contributed by atoms with Gasteiger partial charge in [0.1, 0.15) is 5.82 Å². The Morgan fingerprint density at radius 2 is 2.29 bits per heavy atom. The van der Waals surface area contributed by atoms with E-state index in [4.69, 9.17) is 16.3 Å². The average Bonchev–Trinajstić information content (AvgIpc) is 2.75. The molecule has 1 fully saturated rings. The van der Waals surface area contributed by atoms with Gasteiger partial charge in [0.05, 0.1) is 13.2 Å². The fraction of sp³-hybridized carbons (Fsp3) is 0.500. The molecule has 1 N–H and O–H groups in total. The first kappa shape index (κ1) is 14.7. The molecule has 0 amide bonds. The Morgan fingerprint density at radius 3 is 2.94 bits per heavy atom. The van der Waals surface area contributed by atoms with E-state index in [1.165, 1.54) is 12.5 Å². The first-order valence-electron chi connectivity index (χ1n) is 5.51. The van der Waals surface area contributed by atoms with Crippen LogP contribution in [0, 0.1) is 5.82 Å². The minimum Gasteiger partial charge on any atom is -0.375 e. The zero-order chi connectivity index (χ0) is 11.4. The monoisotopic (exact) mass is 279 g/mol. The normalized spacial score (nSPS) is 19.1. The van der Waals surface area contributed by atoms with Crippen molar-refractivity contribution in [1.82, 2.24) is 5.32 Å². The summed E-state index contributed by atoms with van der Waals surface area (Å²) in [6.07, 6.45) is 2.32. The van der Waals surface area contributed by atoms with E-state index in [0.717, 1.165) is 13.0 Å². The summed E-state index contributed by atoms with van der Waals surface area (Å²) in [6, 6.07) is 5.08. The number of benzene rings is 1. The van der Waals surface area contributed by atoms with Crippen molar-refractivity contribution in [2.45, 2.75) is 25.5 Å². The van der Waals surface area contributed by atoms with E-state index in [1.807, 2.05) is 0 Å². The topological polar surface area (TPSA) is 21.3 Å². The summed E-state index contributed by atoms with van der Waals surface area (Å²) in [5.41, 5.74) is 0.446. The lowest BCUT2D eigenvalue weighted by Gasteiger charge is -2.11. The third-order valence-electron chi connectivity index (χ3n) is 2.79. The lowest BCUT2D eigenvalue weighted by molar-refractivity contribution is 0.101. The van der Waals surface area contributed by atoms with Crippen molar-refractivity contribution in [3.8, 4) is 0 Å². The number of hydrogen-bond donors (Lipinski definition) is 1. The highest BCUT2D eigenvalue weighted by atomic mass is 35.5. The van der Waals surface area contributed by atoms with E-state index >= 15 is 0 Å². The molecule has 1 aliphatic heterocycles. The maximum absolute atomic E-state index is 13.4. The summed E-state index contributed by atoms with van der Waals surface area (Å²) in [6.45, 7) is 1.91. The molecule has 1 unspecified atom stereocenters. The van der Waals surface area contributed by atoms with Crippen molar-refractivity contribution in [2.24, 2.45) is 0 Å². The minimum absolute atomic E-state index is 0. The second-order valence-electron chi connectivity index (χ2n) is 4.01. The van der Waals surface area contributed by atoms with Crippen LogP contribution in [0.2, 0.25) is 5.02 Å². The third kappa shape index (κ3) is 4.11. The maximum atomic E-state index is 13.4. The van der Waals surface area contributed by atoms with Crippen LogP contribution in [-0.4, -0.2) is 19.2 Å². The van der Waals surface area contributed by atoms with Crippen LogP contribution in [-0.2, 0) is 11.3 Å². The quantitative estimate of drug-likeness (QED) is 0.914. The molecule has 1 aromatic rings. The van der Waals surface area contributed by atoms with Gasteiger partial charge in [-0.2, -0.15) is 0 Å². The standard InChI is InChI=1S/C12H15ClFNO.ClH/c13-11-4-1-5-12(14)10(11)8-16-7-9-3-2-6-15-9;/h1,4-5,9,15H,2-3,6-8H2;1H. The molecular weight excluding hydrogens is 264 g/mol. The van der Waals surface area contributed by atoms with Crippen molar-refractivity contribution >= 4 is 24.0 Å². The van der Waals surface area contributed by atoms with E-state index in [9.17, 15) is 4.39 Å². The van der Waals surface area contributed by atoms with Gasteiger partial charge in [-0.15, -0.1) is 12.4 Å². The number of nitrogens with one attached hydrogen (secondary N) is 1. The van der Waals surface area contributed by atoms with E-state index in [-0.39, 0.29) is 24.8 Å². The molecule has 1 heterocycles. The van der Waals surface area contributed by atoms with Crippen LogP contribution < -0.4 is 5.32 Å². The van der Waals surface area contributed by atoms with Crippen LogP contribution in [0.1, 0.15) is 18.4 Å². The number of rotatable bonds is 4. The van der Waals surface area contributed by atoms with Gasteiger partial charge in [-0.3, -0.25) is 0 Å². The van der Waals surface area contributed by atoms with E-state index in [0.29, 0.717) is 23.2 Å². The summed E-state index contributed by atoms with van der Waals surface area (Å²) < 4.78 is 18.8. The van der Waals surface area contributed by atoms with Gasteiger partial charge in [0, 0.05) is 16.6 Å². The highest BCUT2D eigenvalue weighted by Gasteiger charge is 2.14. The van der Waals surface area contributed by atoms with Gasteiger partial charge in [0.25, 0.3) is 0 Å². The lowest BCUT2D eigenvalue weighted by Crippen LogP contribution is -2.26. The van der Waals surface area contributed by atoms with Gasteiger partial charge >= 0.3 is 0 Å². The molecule has 1 aromatic carbocycles. The van der Waals surface area contributed by atoms with Crippen LogP contribution in [0.15, 0.2) is 18.2 Å². The molecular formula is C12H16Cl2FNO. The molecule has 0 spiro atoms. The first-order valence-corrected chi connectivity index (χ1v) is 5.89. The number of halogens is 3. The highest BCUT2D eigenvalue weighted by Crippen LogP contribution is 2.20. The van der Waals surface area contributed by atoms with E-state index in [1.54, 1.807) is 12.1 Å². The van der Waals surface area contributed by atoms with Crippen LogP contribution in [0.5, 0.6) is 0 Å². The Kier molecular flexibility index (Phi) is 6.20. The Bertz CT molecular complexity index is 336. The molecule has 2 nitrogen and oxygen atoms in total. The summed E-state index contributed by atoms with van der Waals surface area (Å²) in [5.74, 6) is -0.299. The van der Waals surface area contributed by atoms with Gasteiger partial charge in [-0.05, 0) is 31.5 Å². The molecule has 0 aromatic heterocycles. The summed E-state index contributed by atoms with van der Waals surface area (Å²) in [5, 5.41) is 3.75. The van der Waals surface area contributed by atoms with Crippen molar-refractivity contribution in [1.29, 1.82) is 0 Å². The van der Waals surface area contributed by atoms with Crippen LogP contribution >= 0.6 is 24.0 Å². The molecule has 17 heavy (non-hydrogen) atoms. The van der Waals surface area contributed by atoms with Crippen molar-refractivity contribution in [3.05, 3.63) is 34.6 Å². The van der Waals surface area contributed by atoms with Crippen molar-refractivity contribution in [3.63, 3.8) is 0 Å². The van der Waals surface area contributed by atoms with Gasteiger partial charge in [0.2, 0.25) is 0 Å². The van der Waals surface area contributed by atoms with Gasteiger partial charge in [-0.1, -0.05) is 17.7 Å². The van der Waals surface area contributed by atoms with Crippen LogP contribution in [0.25, 0.3) is 0 Å². The summed E-state index contributed by atoms with van der Waals surface area (Å²) in [4.78, 5) is 0. The number of ether oxygens (including phenoxy) is 1. The molecule has 0 radical (unpaired) electrons. The Hall–Kier alpha value is -0.350. The Morgan fingerprint density at radius 1 is 1.47 bits per heavy atom. The zero-order valence-electron chi connectivity index (χ0n) is 9.42. The van der Waals surface area contributed by atoms with Crippen molar-refractivity contribution < 1.29 is 9.13 Å². The molecule has 0 bridgehead atoms. The Labute approximate surface area is 112 Å². The van der Waals surface area contributed by atoms with E-state index in [2.05, 4.69) is 5.32 Å². The molecule has 5 heteroatoms. The Balaban J connectivity index is 0.00000144. The zero-order valence-corrected chi connectivity index (χ0v) is 11.0. The summed E-state index contributed by atoms with van der Waals surface area (Å²) in [7, 11) is 0.